The van der Waals surface area contributed by atoms with Crippen LogP contribution in [-0.2, 0) is 10.0 Å². The third kappa shape index (κ3) is 3.01. The standard InChI is InChI=1S/C12H20N2O3S/c1-10(2)14(8-9-15)18(16,17)12-7-5-4-6-11(12)13-3/h4-7,10,13,15H,8-9H2,1-3H3. The van der Waals surface area contributed by atoms with Gasteiger partial charge in [-0.3, -0.25) is 0 Å². The van der Waals surface area contributed by atoms with E-state index in [1.807, 2.05) is 0 Å². The molecule has 0 spiro atoms. The Morgan fingerprint density at radius 2 is 1.94 bits per heavy atom. The van der Waals surface area contributed by atoms with Crippen molar-refractivity contribution in [1.29, 1.82) is 0 Å². The van der Waals surface area contributed by atoms with Crippen molar-refractivity contribution in [3.63, 3.8) is 0 Å². The molecule has 0 fully saturated rings. The summed E-state index contributed by atoms with van der Waals surface area (Å²) >= 11 is 0. The van der Waals surface area contributed by atoms with Gasteiger partial charge in [0.15, 0.2) is 0 Å². The first kappa shape index (κ1) is 14.9. The molecule has 2 N–H and O–H groups in total. The molecule has 18 heavy (non-hydrogen) atoms. The Morgan fingerprint density at radius 1 is 1.33 bits per heavy atom. The molecular weight excluding hydrogens is 252 g/mol. The SMILES string of the molecule is CNc1ccccc1S(=O)(=O)N(CCO)C(C)C. The Bertz CT molecular complexity index is 486. The minimum absolute atomic E-state index is 0.0953. The lowest BCUT2D eigenvalue weighted by molar-refractivity contribution is 0.236. The third-order valence-electron chi connectivity index (χ3n) is 2.64. The van der Waals surface area contributed by atoms with Crippen molar-refractivity contribution in [3.05, 3.63) is 24.3 Å². The molecule has 0 saturated heterocycles. The summed E-state index contributed by atoms with van der Waals surface area (Å²) in [7, 11) is -1.91. The molecular formula is C12H20N2O3S. The number of benzene rings is 1. The zero-order valence-electron chi connectivity index (χ0n) is 10.9. The number of hydrogen-bond acceptors (Lipinski definition) is 4. The summed E-state index contributed by atoms with van der Waals surface area (Å²) in [6, 6.07) is 6.53. The van der Waals surface area contributed by atoms with E-state index < -0.39 is 10.0 Å². The van der Waals surface area contributed by atoms with Gasteiger partial charge >= 0.3 is 0 Å². The summed E-state index contributed by atoms with van der Waals surface area (Å²) in [4.78, 5) is 0.231. The summed E-state index contributed by atoms with van der Waals surface area (Å²) in [6.45, 7) is 3.47. The highest BCUT2D eigenvalue weighted by atomic mass is 32.2. The van der Waals surface area contributed by atoms with Crippen molar-refractivity contribution >= 4 is 15.7 Å². The summed E-state index contributed by atoms with van der Waals surface area (Å²) in [5.41, 5.74) is 0.557. The zero-order chi connectivity index (χ0) is 13.8. The molecule has 1 aromatic carbocycles. The van der Waals surface area contributed by atoms with Gasteiger partial charge in [-0.1, -0.05) is 12.1 Å². The van der Waals surface area contributed by atoms with Crippen LogP contribution < -0.4 is 5.32 Å². The van der Waals surface area contributed by atoms with Gasteiger partial charge in [0.05, 0.1) is 12.3 Å². The maximum Gasteiger partial charge on any atom is 0.245 e. The maximum atomic E-state index is 12.5. The van der Waals surface area contributed by atoms with Crippen molar-refractivity contribution < 1.29 is 13.5 Å². The van der Waals surface area contributed by atoms with Crippen LogP contribution in [0.15, 0.2) is 29.2 Å². The van der Waals surface area contributed by atoms with Crippen LogP contribution in [0.3, 0.4) is 0 Å². The minimum Gasteiger partial charge on any atom is -0.395 e. The number of anilines is 1. The van der Waals surface area contributed by atoms with E-state index in [0.29, 0.717) is 5.69 Å². The average Bonchev–Trinajstić information content (AvgIpc) is 2.35. The molecule has 0 aliphatic rings. The molecule has 0 heterocycles. The first-order chi connectivity index (χ1) is 8.45. The fourth-order valence-electron chi connectivity index (χ4n) is 1.78. The molecule has 0 atom stereocenters. The smallest absolute Gasteiger partial charge is 0.245 e. The van der Waals surface area contributed by atoms with Crippen LogP contribution in [-0.4, -0.2) is 44.1 Å². The van der Waals surface area contributed by atoms with Crippen molar-refractivity contribution in [1.82, 2.24) is 4.31 Å². The van der Waals surface area contributed by atoms with E-state index in [1.54, 1.807) is 45.2 Å². The number of sulfonamides is 1. The van der Waals surface area contributed by atoms with Crippen LogP contribution in [0.25, 0.3) is 0 Å². The third-order valence-corrected chi connectivity index (χ3v) is 4.77. The van der Waals surface area contributed by atoms with Gasteiger partial charge < -0.3 is 10.4 Å². The van der Waals surface area contributed by atoms with E-state index in [0.717, 1.165) is 0 Å². The predicted octanol–water partition coefficient (Wildman–Crippen LogP) is 1.12. The quantitative estimate of drug-likeness (QED) is 0.814. The number of hydrogen-bond donors (Lipinski definition) is 2. The Morgan fingerprint density at radius 3 is 2.44 bits per heavy atom. The highest BCUT2D eigenvalue weighted by molar-refractivity contribution is 7.89. The highest BCUT2D eigenvalue weighted by Crippen LogP contribution is 2.25. The van der Waals surface area contributed by atoms with Gasteiger partial charge in [0.2, 0.25) is 10.0 Å². The lowest BCUT2D eigenvalue weighted by Crippen LogP contribution is -2.39. The van der Waals surface area contributed by atoms with Crippen LogP contribution >= 0.6 is 0 Å². The van der Waals surface area contributed by atoms with Crippen molar-refractivity contribution in [2.75, 3.05) is 25.5 Å². The van der Waals surface area contributed by atoms with Gasteiger partial charge in [-0.05, 0) is 26.0 Å². The van der Waals surface area contributed by atoms with Crippen LogP contribution in [0.4, 0.5) is 5.69 Å². The topological polar surface area (TPSA) is 69.6 Å². The molecule has 5 nitrogen and oxygen atoms in total. The minimum atomic E-state index is -3.59. The highest BCUT2D eigenvalue weighted by Gasteiger charge is 2.28. The van der Waals surface area contributed by atoms with Gasteiger partial charge in [-0.2, -0.15) is 4.31 Å². The second-order valence-corrected chi connectivity index (χ2v) is 6.04. The average molecular weight is 272 g/mol. The molecule has 0 unspecified atom stereocenters. The molecule has 0 aromatic heterocycles. The van der Waals surface area contributed by atoms with Gasteiger partial charge in [0.1, 0.15) is 4.90 Å². The zero-order valence-corrected chi connectivity index (χ0v) is 11.7. The van der Waals surface area contributed by atoms with E-state index >= 15 is 0 Å². The number of para-hydroxylation sites is 1. The molecule has 1 aromatic rings. The summed E-state index contributed by atoms with van der Waals surface area (Å²) in [5, 5.41) is 11.9. The first-order valence-corrected chi connectivity index (χ1v) is 7.28. The Labute approximate surface area is 108 Å². The van der Waals surface area contributed by atoms with E-state index in [2.05, 4.69) is 5.32 Å². The molecule has 1 rings (SSSR count). The lowest BCUT2D eigenvalue weighted by atomic mass is 10.3. The van der Waals surface area contributed by atoms with E-state index in [4.69, 9.17) is 5.11 Å². The molecule has 0 aliphatic heterocycles. The van der Waals surface area contributed by atoms with Gasteiger partial charge in [0.25, 0.3) is 0 Å². The predicted molar refractivity (Wildman–Crippen MR) is 72.1 cm³/mol. The van der Waals surface area contributed by atoms with E-state index in [9.17, 15) is 8.42 Å². The lowest BCUT2D eigenvalue weighted by Gasteiger charge is -2.26. The molecule has 0 radical (unpaired) electrons. The van der Waals surface area contributed by atoms with Gasteiger partial charge in [-0.25, -0.2) is 8.42 Å². The first-order valence-electron chi connectivity index (χ1n) is 5.84. The number of rotatable bonds is 6. The number of aliphatic hydroxyl groups is 1. The second-order valence-electron chi connectivity index (χ2n) is 4.18. The largest absolute Gasteiger partial charge is 0.395 e. The normalized spacial score (nSPS) is 12.1. The molecule has 0 saturated carbocycles. The fourth-order valence-corrected chi connectivity index (χ4v) is 3.61. The Balaban J connectivity index is 3.26. The Kier molecular flexibility index (Phi) is 5.13. The summed E-state index contributed by atoms with van der Waals surface area (Å²) < 4.78 is 26.3. The molecule has 6 heteroatoms. The van der Waals surface area contributed by atoms with E-state index in [1.165, 1.54) is 4.31 Å². The van der Waals surface area contributed by atoms with Gasteiger partial charge in [-0.15, -0.1) is 0 Å². The second kappa shape index (κ2) is 6.17. The summed E-state index contributed by atoms with van der Waals surface area (Å²) in [6.07, 6.45) is 0. The van der Waals surface area contributed by atoms with Crippen LogP contribution in [0, 0.1) is 0 Å². The number of nitrogens with zero attached hydrogens (tertiary/aromatic N) is 1. The molecule has 102 valence electrons. The summed E-state index contributed by atoms with van der Waals surface area (Å²) in [5.74, 6) is 0. The van der Waals surface area contributed by atoms with Crippen molar-refractivity contribution in [2.45, 2.75) is 24.8 Å². The maximum absolute atomic E-state index is 12.5. The van der Waals surface area contributed by atoms with Crippen LogP contribution in [0.1, 0.15) is 13.8 Å². The Hall–Kier alpha value is -1.11. The van der Waals surface area contributed by atoms with Crippen molar-refractivity contribution in [3.8, 4) is 0 Å². The molecule has 0 bridgehead atoms. The molecule has 0 aliphatic carbocycles. The fraction of sp³-hybridized carbons (Fsp3) is 0.500. The van der Waals surface area contributed by atoms with Crippen LogP contribution in [0.2, 0.25) is 0 Å². The van der Waals surface area contributed by atoms with Crippen molar-refractivity contribution in [2.24, 2.45) is 0 Å². The number of aliphatic hydroxyl groups excluding tert-OH is 1. The van der Waals surface area contributed by atoms with E-state index in [-0.39, 0.29) is 24.1 Å². The molecule has 0 amide bonds. The van der Waals surface area contributed by atoms with Crippen LogP contribution in [0.5, 0.6) is 0 Å². The number of nitrogens with one attached hydrogen (secondary N) is 1. The van der Waals surface area contributed by atoms with Gasteiger partial charge in [0, 0.05) is 19.6 Å². The monoisotopic (exact) mass is 272 g/mol.